The lowest BCUT2D eigenvalue weighted by molar-refractivity contribution is 0.102. The molecule has 0 saturated heterocycles. The molecular formula is C11H15O6P. The molecule has 0 aliphatic rings. The standard InChI is InChI=1S/C11H15O6P/c1-14-9-7-5-6-8(10(9)15-2)11(12)18(13,16-3)17-4/h5-7H,1-4H3. The molecule has 0 unspecified atom stereocenters. The Kier molecular flexibility index (Phi) is 4.90. The predicted octanol–water partition coefficient (Wildman–Crippen LogP) is 2.33. The Labute approximate surface area is 105 Å². The van der Waals surface area contributed by atoms with E-state index < -0.39 is 13.1 Å². The number of rotatable bonds is 6. The molecule has 6 nitrogen and oxygen atoms in total. The first-order valence-corrected chi connectivity index (χ1v) is 6.55. The Bertz CT molecular complexity index is 476. The topological polar surface area (TPSA) is 71.1 Å². The van der Waals surface area contributed by atoms with E-state index in [0.29, 0.717) is 5.75 Å². The number of benzene rings is 1. The van der Waals surface area contributed by atoms with Crippen molar-refractivity contribution in [3.63, 3.8) is 0 Å². The fourth-order valence-electron chi connectivity index (χ4n) is 1.44. The minimum Gasteiger partial charge on any atom is -0.493 e. The summed E-state index contributed by atoms with van der Waals surface area (Å²) in [5.74, 6) is 0.557. The molecule has 0 saturated carbocycles. The smallest absolute Gasteiger partial charge is 0.401 e. The highest BCUT2D eigenvalue weighted by atomic mass is 31.2. The SMILES string of the molecule is COc1cccc(C(=O)P(=O)(OC)OC)c1OC. The van der Waals surface area contributed by atoms with Crippen LogP contribution in [0.25, 0.3) is 0 Å². The average molecular weight is 274 g/mol. The van der Waals surface area contributed by atoms with Crippen molar-refractivity contribution in [1.82, 2.24) is 0 Å². The Morgan fingerprint density at radius 2 is 1.67 bits per heavy atom. The molecular weight excluding hydrogens is 259 g/mol. The van der Waals surface area contributed by atoms with E-state index in [9.17, 15) is 9.36 Å². The lowest BCUT2D eigenvalue weighted by Crippen LogP contribution is -2.07. The largest absolute Gasteiger partial charge is 0.493 e. The van der Waals surface area contributed by atoms with Crippen LogP contribution in [0.1, 0.15) is 10.4 Å². The van der Waals surface area contributed by atoms with E-state index in [1.807, 2.05) is 0 Å². The fraction of sp³-hybridized carbons (Fsp3) is 0.364. The zero-order chi connectivity index (χ0) is 13.8. The summed E-state index contributed by atoms with van der Waals surface area (Å²) in [5, 5.41) is 0. The molecule has 0 spiro atoms. The summed E-state index contributed by atoms with van der Waals surface area (Å²) in [4.78, 5) is 12.1. The molecule has 18 heavy (non-hydrogen) atoms. The first kappa shape index (κ1) is 14.7. The van der Waals surface area contributed by atoms with E-state index in [1.54, 1.807) is 12.1 Å². The Hall–Kier alpha value is -1.36. The highest BCUT2D eigenvalue weighted by Gasteiger charge is 2.36. The number of carbonyl (C=O) groups is 1. The van der Waals surface area contributed by atoms with Crippen molar-refractivity contribution in [2.75, 3.05) is 28.4 Å². The third-order valence-electron chi connectivity index (χ3n) is 2.36. The number of para-hydroxylation sites is 1. The van der Waals surface area contributed by atoms with Crippen molar-refractivity contribution in [3.05, 3.63) is 23.8 Å². The van der Waals surface area contributed by atoms with E-state index >= 15 is 0 Å². The van der Waals surface area contributed by atoms with Crippen LogP contribution in [0.15, 0.2) is 18.2 Å². The van der Waals surface area contributed by atoms with Crippen LogP contribution in [0, 0.1) is 0 Å². The number of carbonyl (C=O) groups excluding carboxylic acids is 1. The van der Waals surface area contributed by atoms with E-state index in [-0.39, 0.29) is 11.3 Å². The van der Waals surface area contributed by atoms with E-state index in [2.05, 4.69) is 9.05 Å². The summed E-state index contributed by atoms with van der Waals surface area (Å²) in [6, 6.07) is 4.68. The highest BCUT2D eigenvalue weighted by molar-refractivity contribution is 7.72. The second-order valence-corrected chi connectivity index (χ2v) is 5.34. The quantitative estimate of drug-likeness (QED) is 0.741. The van der Waals surface area contributed by atoms with Crippen LogP contribution >= 0.6 is 7.60 Å². The van der Waals surface area contributed by atoms with Gasteiger partial charge in [0.05, 0.1) is 19.8 Å². The van der Waals surface area contributed by atoms with Gasteiger partial charge in [-0.25, -0.2) is 0 Å². The number of methoxy groups -OCH3 is 2. The van der Waals surface area contributed by atoms with E-state index in [1.165, 1.54) is 20.3 Å². The molecule has 0 aromatic heterocycles. The van der Waals surface area contributed by atoms with Gasteiger partial charge in [-0.2, -0.15) is 0 Å². The van der Waals surface area contributed by atoms with Gasteiger partial charge in [0.15, 0.2) is 11.5 Å². The molecule has 0 aliphatic carbocycles. The predicted molar refractivity (Wildman–Crippen MR) is 65.5 cm³/mol. The zero-order valence-corrected chi connectivity index (χ0v) is 11.5. The van der Waals surface area contributed by atoms with Gasteiger partial charge in [0.25, 0.3) is 5.52 Å². The molecule has 0 atom stereocenters. The van der Waals surface area contributed by atoms with Crippen LogP contribution in [0.3, 0.4) is 0 Å². The van der Waals surface area contributed by atoms with Crippen molar-refractivity contribution < 1.29 is 27.9 Å². The van der Waals surface area contributed by atoms with Crippen LogP contribution in [-0.4, -0.2) is 34.0 Å². The highest BCUT2D eigenvalue weighted by Crippen LogP contribution is 2.51. The Morgan fingerprint density at radius 3 is 2.11 bits per heavy atom. The first-order valence-electron chi connectivity index (χ1n) is 5.01. The van der Waals surface area contributed by atoms with Gasteiger partial charge in [0, 0.05) is 14.2 Å². The van der Waals surface area contributed by atoms with Crippen LogP contribution in [0.2, 0.25) is 0 Å². The summed E-state index contributed by atoms with van der Waals surface area (Å²) >= 11 is 0. The average Bonchev–Trinajstić information content (AvgIpc) is 2.44. The van der Waals surface area contributed by atoms with Crippen molar-refractivity contribution in [1.29, 1.82) is 0 Å². The van der Waals surface area contributed by atoms with Gasteiger partial charge < -0.3 is 18.5 Å². The summed E-state index contributed by atoms with van der Waals surface area (Å²) in [7, 11) is 1.29. The van der Waals surface area contributed by atoms with E-state index in [4.69, 9.17) is 9.47 Å². The molecule has 0 aliphatic heterocycles. The summed E-state index contributed by atoms with van der Waals surface area (Å²) in [6.45, 7) is 0. The summed E-state index contributed by atoms with van der Waals surface area (Å²) in [6.07, 6.45) is 0. The van der Waals surface area contributed by atoms with Gasteiger partial charge in [-0.05, 0) is 12.1 Å². The van der Waals surface area contributed by atoms with E-state index in [0.717, 1.165) is 14.2 Å². The molecule has 1 aromatic rings. The maximum Gasteiger partial charge on any atom is 0.401 e. The van der Waals surface area contributed by atoms with Crippen LogP contribution < -0.4 is 9.47 Å². The minimum atomic E-state index is -3.84. The van der Waals surface area contributed by atoms with Gasteiger partial charge in [-0.3, -0.25) is 9.36 Å². The van der Waals surface area contributed by atoms with Crippen LogP contribution in [-0.2, 0) is 13.6 Å². The molecule has 0 heterocycles. The molecule has 1 rings (SSSR count). The van der Waals surface area contributed by atoms with Gasteiger partial charge in [-0.15, -0.1) is 0 Å². The lowest BCUT2D eigenvalue weighted by Gasteiger charge is -2.15. The van der Waals surface area contributed by atoms with Crippen molar-refractivity contribution >= 4 is 13.1 Å². The number of hydrogen-bond donors (Lipinski definition) is 0. The first-order chi connectivity index (χ1) is 8.53. The van der Waals surface area contributed by atoms with Gasteiger partial charge >= 0.3 is 7.60 Å². The number of ether oxygens (including phenoxy) is 2. The fourth-order valence-corrected chi connectivity index (χ4v) is 2.40. The molecule has 1 aromatic carbocycles. The van der Waals surface area contributed by atoms with Crippen molar-refractivity contribution in [2.45, 2.75) is 0 Å². The van der Waals surface area contributed by atoms with Crippen molar-refractivity contribution in [3.8, 4) is 11.5 Å². The maximum atomic E-state index is 12.1. The molecule has 7 heteroatoms. The Balaban J connectivity index is 3.33. The normalized spacial score (nSPS) is 11.1. The minimum absolute atomic E-state index is 0.0869. The van der Waals surface area contributed by atoms with Crippen LogP contribution in [0.4, 0.5) is 0 Å². The molecule has 0 fully saturated rings. The van der Waals surface area contributed by atoms with Crippen LogP contribution in [0.5, 0.6) is 11.5 Å². The third kappa shape index (κ3) is 2.56. The molecule has 0 radical (unpaired) electrons. The molecule has 100 valence electrons. The monoisotopic (exact) mass is 274 g/mol. The number of hydrogen-bond acceptors (Lipinski definition) is 6. The Morgan fingerprint density at radius 1 is 1.06 bits per heavy atom. The van der Waals surface area contributed by atoms with Gasteiger partial charge in [0.2, 0.25) is 0 Å². The second-order valence-electron chi connectivity index (χ2n) is 3.21. The zero-order valence-electron chi connectivity index (χ0n) is 10.6. The summed E-state index contributed by atoms with van der Waals surface area (Å²) in [5.41, 5.74) is -0.688. The summed E-state index contributed by atoms with van der Waals surface area (Å²) < 4.78 is 31.5. The molecule has 0 N–H and O–H groups in total. The second kappa shape index (κ2) is 6.00. The third-order valence-corrected chi connectivity index (χ3v) is 4.06. The molecule has 0 amide bonds. The van der Waals surface area contributed by atoms with Gasteiger partial charge in [0.1, 0.15) is 0 Å². The van der Waals surface area contributed by atoms with Gasteiger partial charge in [-0.1, -0.05) is 6.07 Å². The maximum absolute atomic E-state index is 12.1. The molecule has 0 bridgehead atoms. The van der Waals surface area contributed by atoms with Crippen molar-refractivity contribution in [2.24, 2.45) is 0 Å². The lowest BCUT2D eigenvalue weighted by atomic mass is 10.2.